The molecule has 1 aromatic carbocycles. The Morgan fingerprint density at radius 3 is 2.46 bits per heavy atom. The van der Waals surface area contributed by atoms with Crippen molar-refractivity contribution in [2.75, 3.05) is 12.0 Å². The van der Waals surface area contributed by atoms with Crippen molar-refractivity contribution in [3.8, 4) is 6.07 Å². The molecule has 6 nitrogen and oxygen atoms in total. The van der Waals surface area contributed by atoms with Crippen LogP contribution in [-0.4, -0.2) is 36.2 Å². The fourth-order valence-electron chi connectivity index (χ4n) is 5.07. The van der Waals surface area contributed by atoms with Gasteiger partial charge in [0.05, 0.1) is 46.4 Å². The second kappa shape index (κ2) is 5.55. The lowest BCUT2D eigenvalue weighted by Crippen LogP contribution is -2.49. The van der Waals surface area contributed by atoms with E-state index in [4.69, 9.17) is 14.7 Å². The van der Waals surface area contributed by atoms with Gasteiger partial charge in [-0.15, -0.1) is 0 Å². The van der Waals surface area contributed by atoms with Crippen LogP contribution < -0.4 is 4.90 Å². The predicted octanol–water partition coefficient (Wildman–Crippen LogP) is 2.65. The number of ether oxygens (including phenoxy) is 2. The molecular weight excluding hydrogens is 377 g/mol. The lowest BCUT2D eigenvalue weighted by Gasteiger charge is -2.34. The smallest absolute Gasteiger partial charge is 0.378 e. The third kappa shape index (κ3) is 2.22. The number of anilines is 1. The van der Waals surface area contributed by atoms with Gasteiger partial charge >= 0.3 is 6.18 Å². The standard InChI is InChI=1S/C19H17F3N2O4/c1-17-7-12(27-3)18(2,28-17)14-13(17)15(25)24(16(14)26)10-5-4-9(8-23)11(6-10)19(20,21)22/h4-6,12-14H,7H2,1-3H3/t12?,13-,14+,17?,18?/m1/s1. The van der Waals surface area contributed by atoms with E-state index in [0.717, 1.165) is 11.0 Å². The third-order valence-corrected chi connectivity index (χ3v) is 6.24. The van der Waals surface area contributed by atoms with E-state index < -0.39 is 58.3 Å². The highest BCUT2D eigenvalue weighted by molar-refractivity contribution is 6.23. The van der Waals surface area contributed by atoms with E-state index in [9.17, 15) is 22.8 Å². The van der Waals surface area contributed by atoms with Crippen molar-refractivity contribution in [3.05, 3.63) is 29.3 Å². The van der Waals surface area contributed by atoms with Crippen LogP contribution >= 0.6 is 0 Å². The van der Waals surface area contributed by atoms with Crippen LogP contribution in [-0.2, 0) is 25.2 Å². The zero-order chi connectivity index (χ0) is 20.6. The first-order chi connectivity index (χ1) is 13.0. The van der Waals surface area contributed by atoms with Gasteiger partial charge in [-0.05, 0) is 32.0 Å². The van der Waals surface area contributed by atoms with E-state index >= 15 is 0 Å². The van der Waals surface area contributed by atoms with Gasteiger partial charge in [0.15, 0.2) is 0 Å². The lowest BCUT2D eigenvalue weighted by atomic mass is 9.67. The molecule has 1 aromatic rings. The van der Waals surface area contributed by atoms with E-state index in [1.54, 1.807) is 13.8 Å². The number of hydrogen-bond donors (Lipinski definition) is 0. The van der Waals surface area contributed by atoms with Gasteiger partial charge in [-0.1, -0.05) is 0 Å². The maximum Gasteiger partial charge on any atom is 0.417 e. The van der Waals surface area contributed by atoms with Crippen molar-refractivity contribution in [3.63, 3.8) is 0 Å². The van der Waals surface area contributed by atoms with Crippen molar-refractivity contribution in [2.24, 2.45) is 11.8 Å². The number of imide groups is 1. The number of nitrogens with zero attached hydrogens (tertiary/aromatic N) is 2. The van der Waals surface area contributed by atoms with Crippen LogP contribution in [0.2, 0.25) is 0 Å². The fraction of sp³-hybridized carbons (Fsp3) is 0.526. The summed E-state index contributed by atoms with van der Waals surface area (Å²) < 4.78 is 51.4. The Labute approximate surface area is 158 Å². The number of rotatable bonds is 2. The van der Waals surface area contributed by atoms with Gasteiger partial charge in [0, 0.05) is 13.5 Å². The second-order valence-corrected chi connectivity index (χ2v) is 7.83. The van der Waals surface area contributed by atoms with E-state index in [2.05, 4.69) is 0 Å². The zero-order valence-electron chi connectivity index (χ0n) is 15.3. The zero-order valence-corrected chi connectivity index (χ0v) is 15.3. The summed E-state index contributed by atoms with van der Waals surface area (Å²) in [5.74, 6) is -2.83. The molecule has 3 fully saturated rings. The first-order valence-electron chi connectivity index (χ1n) is 8.70. The molecule has 0 aromatic heterocycles. The summed E-state index contributed by atoms with van der Waals surface area (Å²) in [6.07, 6.45) is -4.78. The molecule has 5 atom stereocenters. The topological polar surface area (TPSA) is 79.6 Å². The van der Waals surface area contributed by atoms with Crippen molar-refractivity contribution in [2.45, 2.75) is 43.8 Å². The highest BCUT2D eigenvalue weighted by Crippen LogP contribution is 2.61. The number of hydrogen-bond acceptors (Lipinski definition) is 5. The highest BCUT2D eigenvalue weighted by atomic mass is 19.4. The summed E-state index contributed by atoms with van der Waals surface area (Å²) in [7, 11) is 1.49. The largest absolute Gasteiger partial charge is 0.417 e. The van der Waals surface area contributed by atoms with Crippen molar-refractivity contribution in [1.29, 1.82) is 5.26 Å². The predicted molar refractivity (Wildman–Crippen MR) is 88.9 cm³/mol. The van der Waals surface area contributed by atoms with E-state index in [-0.39, 0.29) is 5.69 Å². The number of benzene rings is 1. The molecule has 9 heteroatoms. The minimum Gasteiger partial charge on any atom is -0.378 e. The second-order valence-electron chi connectivity index (χ2n) is 7.83. The SMILES string of the molecule is COC1CC2(C)OC1(C)[C@@H]1C(=O)N(c3ccc(C#N)c(C(F)(F)F)c3)C(=O)[C@@H]12. The summed E-state index contributed by atoms with van der Waals surface area (Å²) in [6.45, 7) is 3.43. The molecule has 0 radical (unpaired) electrons. The van der Waals surface area contributed by atoms with Crippen LogP contribution in [0.15, 0.2) is 18.2 Å². The summed E-state index contributed by atoms with van der Waals surface area (Å²) in [6, 6.07) is 4.32. The molecule has 148 valence electrons. The van der Waals surface area contributed by atoms with Gasteiger partial charge < -0.3 is 9.47 Å². The Kier molecular flexibility index (Phi) is 3.75. The highest BCUT2D eigenvalue weighted by Gasteiger charge is 2.76. The van der Waals surface area contributed by atoms with Crippen LogP contribution in [0.1, 0.15) is 31.4 Å². The molecule has 2 bridgehead atoms. The Hall–Kier alpha value is -2.44. The summed E-state index contributed by atoms with van der Waals surface area (Å²) in [4.78, 5) is 27.0. The molecule has 0 saturated carbocycles. The van der Waals surface area contributed by atoms with Crippen molar-refractivity contribution < 1.29 is 32.2 Å². The quantitative estimate of drug-likeness (QED) is 0.721. The molecule has 3 aliphatic heterocycles. The molecule has 0 aliphatic carbocycles. The molecular formula is C19H17F3N2O4. The van der Waals surface area contributed by atoms with Gasteiger partial charge in [-0.2, -0.15) is 18.4 Å². The van der Waals surface area contributed by atoms with Gasteiger partial charge in [0.2, 0.25) is 11.8 Å². The molecule has 4 rings (SSSR count). The Morgan fingerprint density at radius 1 is 1.25 bits per heavy atom. The Bertz CT molecular complexity index is 940. The monoisotopic (exact) mass is 394 g/mol. The number of methoxy groups -OCH3 is 1. The number of fused-ring (bicyclic) bond motifs is 5. The first kappa shape index (κ1) is 18.9. The minimum atomic E-state index is -4.79. The van der Waals surface area contributed by atoms with Crippen LogP contribution in [0.25, 0.3) is 0 Å². The maximum absolute atomic E-state index is 13.3. The molecule has 0 N–H and O–H groups in total. The number of alkyl halides is 3. The third-order valence-electron chi connectivity index (χ3n) is 6.24. The number of halogens is 3. The van der Waals surface area contributed by atoms with Gasteiger partial charge in [0.1, 0.15) is 5.60 Å². The van der Waals surface area contributed by atoms with Gasteiger partial charge in [-0.25, -0.2) is 4.90 Å². The summed E-state index contributed by atoms with van der Waals surface area (Å²) >= 11 is 0. The molecule has 3 unspecified atom stereocenters. The molecule has 3 heterocycles. The van der Waals surface area contributed by atoms with Crippen LogP contribution in [0.5, 0.6) is 0 Å². The van der Waals surface area contributed by atoms with E-state index in [1.807, 2.05) is 0 Å². The average molecular weight is 394 g/mol. The Morgan fingerprint density at radius 2 is 1.89 bits per heavy atom. The molecule has 2 amide bonds. The van der Waals surface area contributed by atoms with Crippen molar-refractivity contribution in [1.82, 2.24) is 0 Å². The molecule has 28 heavy (non-hydrogen) atoms. The normalized spacial score (nSPS) is 36.8. The van der Waals surface area contributed by atoms with E-state index in [1.165, 1.54) is 19.2 Å². The maximum atomic E-state index is 13.3. The summed E-state index contributed by atoms with van der Waals surface area (Å²) in [5.41, 5.74) is -3.92. The fourth-order valence-corrected chi connectivity index (χ4v) is 5.07. The van der Waals surface area contributed by atoms with Crippen molar-refractivity contribution >= 4 is 17.5 Å². The van der Waals surface area contributed by atoms with Crippen LogP contribution in [0.4, 0.5) is 18.9 Å². The lowest BCUT2D eigenvalue weighted by molar-refractivity contribution is -0.138. The molecule has 0 spiro atoms. The van der Waals surface area contributed by atoms with E-state index in [0.29, 0.717) is 12.5 Å². The van der Waals surface area contributed by atoms with Gasteiger partial charge in [-0.3, -0.25) is 9.59 Å². The summed E-state index contributed by atoms with van der Waals surface area (Å²) in [5, 5.41) is 8.95. The number of amides is 2. The van der Waals surface area contributed by atoms with Gasteiger partial charge in [0.25, 0.3) is 0 Å². The molecule has 3 saturated heterocycles. The number of carbonyl (C=O) groups excluding carboxylic acids is 2. The minimum absolute atomic E-state index is 0.198. The average Bonchev–Trinajstić information content (AvgIpc) is 3.14. The Balaban J connectivity index is 1.80. The molecule has 3 aliphatic rings. The number of nitriles is 1. The van der Waals surface area contributed by atoms with Crippen LogP contribution in [0, 0.1) is 23.2 Å². The number of carbonyl (C=O) groups is 2. The van der Waals surface area contributed by atoms with Crippen LogP contribution in [0.3, 0.4) is 0 Å². The first-order valence-corrected chi connectivity index (χ1v) is 8.70.